The molecule has 0 fully saturated rings. The maximum Gasteiger partial charge on any atom is 0.301 e. The molecule has 0 atom stereocenters. The quantitative estimate of drug-likeness (QED) is 0.109. The predicted octanol–water partition coefficient (Wildman–Crippen LogP) is 19.3. The van der Waals surface area contributed by atoms with Crippen molar-refractivity contribution in [1.82, 2.24) is 15.0 Å². The second kappa shape index (κ2) is 22.1. The Morgan fingerprint density at radius 2 is 0.378 bits per heavy atom. The number of aromatic nitrogens is 3. The minimum atomic E-state index is -3.87. The SMILES string of the molecule is O=P1(c2cccc(-c3nc(-c4cccc(P5(=O)N(c6ccccc6)c6ccccc6N5c5ccccc5)c4)nc(-c4cccc(P5(=O)N(c6ccccc6)c6ccccc6N5c5ccccc5)c4)n3)c2)N(c2ccccc2)c2ccccc2N1c1ccccc1. The third-order valence-electron chi connectivity index (χ3n) is 16.6. The molecular weight excluding hydrogens is 1170 g/mol. The molecule has 0 unspecified atom stereocenters. The van der Waals surface area contributed by atoms with Crippen LogP contribution in [0.4, 0.5) is 68.2 Å². The third-order valence-corrected chi connectivity index (χ3v) is 25.4. The van der Waals surface area contributed by atoms with Crippen LogP contribution in [0.2, 0.25) is 0 Å². The molecule has 0 spiro atoms. The summed E-state index contributed by atoms with van der Waals surface area (Å²) in [4.78, 5) is 16.2. The normalized spacial score (nSPS) is 14.9. The van der Waals surface area contributed by atoms with Gasteiger partial charge in [-0.1, -0.05) is 182 Å². The Labute approximate surface area is 522 Å². The third kappa shape index (κ3) is 8.74. The lowest BCUT2D eigenvalue weighted by atomic mass is 10.1. The summed E-state index contributed by atoms with van der Waals surface area (Å²) in [5, 5.41) is 1.62. The van der Waals surface area contributed by atoms with Crippen LogP contribution >= 0.6 is 22.3 Å². The molecule has 432 valence electrons. The number of fused-ring (bicyclic) bond motifs is 3. The van der Waals surface area contributed by atoms with Crippen molar-refractivity contribution in [3.05, 3.63) is 328 Å². The van der Waals surface area contributed by atoms with E-state index in [1.165, 1.54) is 0 Å². The molecule has 12 aromatic carbocycles. The van der Waals surface area contributed by atoms with E-state index in [1.54, 1.807) is 0 Å². The Bertz CT molecular complexity index is 4290. The fourth-order valence-electron chi connectivity index (χ4n) is 12.7. The highest BCUT2D eigenvalue weighted by molar-refractivity contribution is 7.77. The van der Waals surface area contributed by atoms with Gasteiger partial charge in [0.25, 0.3) is 0 Å². The Balaban J connectivity index is 0.907. The molecule has 0 aliphatic carbocycles. The molecule has 16 rings (SSSR count). The van der Waals surface area contributed by atoms with E-state index in [4.69, 9.17) is 15.0 Å². The van der Waals surface area contributed by atoms with Crippen molar-refractivity contribution in [2.75, 3.05) is 28.0 Å². The number of hydrogen-bond acceptors (Lipinski definition) is 6. The van der Waals surface area contributed by atoms with Gasteiger partial charge in [-0.05, 0) is 146 Å². The number of benzene rings is 12. The molecule has 0 N–H and O–H groups in total. The van der Waals surface area contributed by atoms with Crippen LogP contribution in [-0.2, 0) is 13.7 Å². The molecule has 4 heterocycles. The molecule has 0 radical (unpaired) electrons. The second-order valence-corrected chi connectivity index (χ2v) is 29.2. The van der Waals surface area contributed by atoms with Gasteiger partial charge < -0.3 is 0 Å². The van der Waals surface area contributed by atoms with Gasteiger partial charge in [-0.25, -0.2) is 15.0 Å². The van der Waals surface area contributed by atoms with Gasteiger partial charge in [-0.15, -0.1) is 0 Å². The molecule has 1 aromatic heterocycles. The van der Waals surface area contributed by atoms with E-state index < -0.39 is 22.3 Å². The number of anilines is 12. The zero-order chi connectivity index (χ0) is 60.4. The maximum atomic E-state index is 17.1. The van der Waals surface area contributed by atoms with Gasteiger partial charge in [0, 0.05) is 50.8 Å². The standard InChI is InChI=1S/C75H54N9O3P3/c85-88(79(58-31-7-1-8-32-58)67-46-19-20-47-68(67)80(88)59-33-9-2-10-34-59)64-43-25-28-55(52-64)73-76-74(56-29-26-44-65(53-56)89(86)81(60-35-11-3-12-36-60)69-48-21-22-49-70(69)82(89)61-37-13-4-14-38-61)78-75(77-73)57-30-27-45-66(54-57)90(87)83(62-39-15-5-16-40-62)71-50-23-24-51-72(71)84(90)63-41-17-6-18-42-63/h1-54H. The molecule has 15 heteroatoms. The average Bonchev–Trinajstić information content (AvgIpc) is 1.57. The zero-order valence-electron chi connectivity index (χ0n) is 48.3. The van der Waals surface area contributed by atoms with Crippen LogP contribution in [0.5, 0.6) is 0 Å². The number of para-hydroxylation sites is 12. The number of hydrogen-bond donors (Lipinski definition) is 0. The Kier molecular flexibility index (Phi) is 13.4. The first-order valence-corrected chi connectivity index (χ1v) is 34.4. The average molecular weight is 1220 g/mol. The van der Waals surface area contributed by atoms with E-state index in [-0.39, 0.29) is 0 Å². The highest BCUT2D eigenvalue weighted by atomic mass is 31.2. The van der Waals surface area contributed by atoms with Crippen molar-refractivity contribution < 1.29 is 13.7 Å². The maximum absolute atomic E-state index is 17.1. The van der Waals surface area contributed by atoms with Gasteiger partial charge in [0.1, 0.15) is 0 Å². The first-order valence-electron chi connectivity index (χ1n) is 29.6. The van der Waals surface area contributed by atoms with Crippen LogP contribution in [0.3, 0.4) is 0 Å². The molecular formula is C75H54N9O3P3. The van der Waals surface area contributed by atoms with E-state index >= 15 is 13.7 Å². The Morgan fingerprint density at radius 1 is 0.200 bits per heavy atom. The molecule has 0 saturated heterocycles. The molecule has 3 aliphatic rings. The van der Waals surface area contributed by atoms with Crippen LogP contribution in [0.15, 0.2) is 328 Å². The smallest absolute Gasteiger partial charge is 0.270 e. The van der Waals surface area contributed by atoms with Crippen molar-refractivity contribution in [1.29, 1.82) is 0 Å². The van der Waals surface area contributed by atoms with Crippen LogP contribution in [0.1, 0.15) is 0 Å². The summed E-state index contributed by atoms with van der Waals surface area (Å²) in [5.74, 6) is 0.880. The van der Waals surface area contributed by atoms with Crippen molar-refractivity contribution >= 4 is 106 Å². The summed E-state index contributed by atoms with van der Waals surface area (Å²) in [6, 6.07) is 106. The van der Waals surface area contributed by atoms with Gasteiger partial charge in [0.2, 0.25) is 0 Å². The van der Waals surface area contributed by atoms with E-state index in [0.29, 0.717) is 50.1 Å². The fraction of sp³-hybridized carbons (Fsp3) is 0. The molecule has 0 bridgehead atoms. The first kappa shape index (κ1) is 54.5. The number of nitrogens with zero attached hydrogens (tertiary/aromatic N) is 9. The van der Waals surface area contributed by atoms with Crippen molar-refractivity contribution in [3.63, 3.8) is 0 Å². The van der Waals surface area contributed by atoms with E-state index in [9.17, 15) is 0 Å². The second-order valence-electron chi connectivity index (χ2n) is 21.9. The van der Waals surface area contributed by atoms with Crippen molar-refractivity contribution in [3.8, 4) is 34.2 Å². The monoisotopic (exact) mass is 1220 g/mol. The fourth-order valence-corrected chi connectivity index (χ4v) is 21.9. The Morgan fingerprint density at radius 3 is 0.567 bits per heavy atom. The summed E-state index contributed by atoms with van der Waals surface area (Å²) in [6.07, 6.45) is 0. The molecule has 13 aromatic rings. The highest BCUT2D eigenvalue weighted by Crippen LogP contribution is 2.73. The van der Waals surface area contributed by atoms with E-state index in [1.807, 2.05) is 356 Å². The first-order chi connectivity index (χ1) is 44.3. The molecule has 0 saturated carbocycles. The number of rotatable bonds is 12. The zero-order valence-corrected chi connectivity index (χ0v) is 51.0. The van der Waals surface area contributed by atoms with Gasteiger partial charge in [0.05, 0.1) is 50.0 Å². The molecule has 3 aliphatic heterocycles. The predicted molar refractivity (Wildman–Crippen MR) is 369 cm³/mol. The minimum absolute atomic E-state index is 0.293. The van der Waals surface area contributed by atoms with Crippen LogP contribution in [0, 0.1) is 0 Å². The summed E-state index contributed by atoms with van der Waals surface area (Å²) >= 11 is 0. The largest absolute Gasteiger partial charge is 0.301 e. The molecule has 90 heavy (non-hydrogen) atoms. The lowest BCUT2D eigenvalue weighted by molar-refractivity contribution is 0.581. The Hall–Kier alpha value is -10.9. The van der Waals surface area contributed by atoms with Gasteiger partial charge in [0.15, 0.2) is 17.5 Å². The molecule has 12 nitrogen and oxygen atoms in total. The van der Waals surface area contributed by atoms with E-state index in [0.717, 1.165) is 68.2 Å². The lowest BCUT2D eigenvalue weighted by Crippen LogP contribution is -2.27. The van der Waals surface area contributed by atoms with Crippen molar-refractivity contribution in [2.45, 2.75) is 0 Å². The van der Waals surface area contributed by atoms with Gasteiger partial charge in [-0.2, -0.15) is 0 Å². The van der Waals surface area contributed by atoms with Gasteiger partial charge >= 0.3 is 22.3 Å². The van der Waals surface area contributed by atoms with Crippen LogP contribution in [-0.4, -0.2) is 15.0 Å². The van der Waals surface area contributed by atoms with Gasteiger partial charge in [-0.3, -0.25) is 41.7 Å². The summed E-state index contributed by atoms with van der Waals surface area (Å²) in [6.45, 7) is 0. The lowest BCUT2D eigenvalue weighted by Gasteiger charge is -2.33. The minimum Gasteiger partial charge on any atom is -0.270 e. The summed E-state index contributed by atoms with van der Waals surface area (Å²) in [7, 11) is -11.6. The van der Waals surface area contributed by atoms with Crippen molar-refractivity contribution in [2.24, 2.45) is 0 Å². The van der Waals surface area contributed by atoms with E-state index in [2.05, 4.69) is 0 Å². The van der Waals surface area contributed by atoms with Crippen LogP contribution in [0.25, 0.3) is 34.2 Å². The van der Waals surface area contributed by atoms with Crippen LogP contribution < -0.4 is 43.9 Å². The summed E-state index contributed by atoms with van der Waals surface area (Å²) in [5.41, 5.74) is 11.1. The summed E-state index contributed by atoms with van der Waals surface area (Å²) < 4.78 is 63.1. The molecule has 0 amide bonds. The highest BCUT2D eigenvalue weighted by Gasteiger charge is 2.52. The topological polar surface area (TPSA) is 109 Å².